The molecule has 0 saturated carbocycles. The van der Waals surface area contributed by atoms with Gasteiger partial charge < -0.3 is 10.2 Å². The van der Waals surface area contributed by atoms with E-state index in [1.807, 2.05) is 6.07 Å². The van der Waals surface area contributed by atoms with Gasteiger partial charge in [-0.2, -0.15) is 0 Å². The predicted octanol–water partition coefficient (Wildman–Crippen LogP) is 4.70. The minimum atomic E-state index is -3.91. The van der Waals surface area contributed by atoms with Gasteiger partial charge in [-0.1, -0.05) is 29.8 Å². The Labute approximate surface area is 192 Å². The molecule has 2 aromatic carbocycles. The topological polar surface area (TPSA) is 91.4 Å². The van der Waals surface area contributed by atoms with E-state index < -0.39 is 10.0 Å². The maximum atomic E-state index is 12.9. The highest BCUT2D eigenvalue weighted by molar-refractivity contribution is 7.92. The van der Waals surface area contributed by atoms with Crippen LogP contribution in [0, 0.1) is 6.92 Å². The van der Waals surface area contributed by atoms with Crippen molar-refractivity contribution in [1.82, 2.24) is 4.98 Å². The van der Waals surface area contributed by atoms with E-state index in [4.69, 9.17) is 11.6 Å². The van der Waals surface area contributed by atoms with Crippen molar-refractivity contribution in [3.05, 3.63) is 76.9 Å². The van der Waals surface area contributed by atoms with Crippen LogP contribution in [0.3, 0.4) is 0 Å². The van der Waals surface area contributed by atoms with E-state index in [0.717, 1.165) is 31.7 Å². The number of rotatable bonds is 6. The number of aryl methyl sites for hydroxylation is 1. The lowest BCUT2D eigenvalue weighted by Gasteiger charge is -2.16. The highest BCUT2D eigenvalue weighted by Crippen LogP contribution is 2.27. The molecule has 0 aliphatic carbocycles. The number of hydrogen-bond donors (Lipinski definition) is 2. The Balaban J connectivity index is 1.52. The van der Waals surface area contributed by atoms with E-state index in [-0.39, 0.29) is 16.5 Å². The zero-order valence-electron chi connectivity index (χ0n) is 17.5. The SMILES string of the molecule is Cc1ccc(NC(=O)c2ccc(N3CCCC3)nc2)cc1S(=O)(=O)Nc1ccccc1Cl. The third-order valence-electron chi connectivity index (χ3n) is 5.29. The molecule has 0 radical (unpaired) electrons. The number of pyridine rings is 1. The fourth-order valence-electron chi connectivity index (χ4n) is 3.57. The van der Waals surface area contributed by atoms with Gasteiger partial charge in [0.1, 0.15) is 5.82 Å². The fraction of sp³-hybridized carbons (Fsp3) is 0.217. The molecule has 1 fully saturated rings. The van der Waals surface area contributed by atoms with Crippen molar-refractivity contribution in [3.63, 3.8) is 0 Å². The number of hydrogen-bond acceptors (Lipinski definition) is 5. The molecular formula is C23H23ClN4O3S. The monoisotopic (exact) mass is 470 g/mol. The molecule has 7 nitrogen and oxygen atoms in total. The minimum Gasteiger partial charge on any atom is -0.357 e. The van der Waals surface area contributed by atoms with Gasteiger partial charge in [-0.05, 0) is 61.7 Å². The second-order valence-corrected chi connectivity index (χ2v) is 9.68. The van der Waals surface area contributed by atoms with Crippen LogP contribution in [0.1, 0.15) is 28.8 Å². The lowest BCUT2D eigenvalue weighted by molar-refractivity contribution is 0.102. The van der Waals surface area contributed by atoms with E-state index in [2.05, 4.69) is 19.9 Å². The van der Waals surface area contributed by atoms with E-state index in [1.54, 1.807) is 49.4 Å². The summed E-state index contributed by atoms with van der Waals surface area (Å²) in [6.45, 7) is 3.64. The third-order valence-corrected chi connectivity index (χ3v) is 7.13. The van der Waals surface area contributed by atoms with Crippen LogP contribution in [0.15, 0.2) is 65.7 Å². The summed E-state index contributed by atoms with van der Waals surface area (Å²) in [4.78, 5) is 19.3. The van der Waals surface area contributed by atoms with Gasteiger partial charge in [0.25, 0.3) is 15.9 Å². The number of carbonyl (C=O) groups excluding carboxylic acids is 1. The number of sulfonamides is 1. The van der Waals surface area contributed by atoms with Crippen molar-refractivity contribution < 1.29 is 13.2 Å². The second-order valence-electron chi connectivity index (χ2n) is 7.62. The smallest absolute Gasteiger partial charge is 0.262 e. The Bertz CT molecular complexity index is 1240. The van der Waals surface area contributed by atoms with Crippen LogP contribution in [0.4, 0.5) is 17.2 Å². The Kier molecular flexibility index (Phi) is 6.34. The molecule has 0 atom stereocenters. The Morgan fingerprint density at radius 2 is 1.81 bits per heavy atom. The summed E-state index contributed by atoms with van der Waals surface area (Å²) in [5, 5.41) is 3.05. The van der Waals surface area contributed by atoms with Crippen molar-refractivity contribution in [2.75, 3.05) is 28.0 Å². The first-order chi connectivity index (χ1) is 15.3. The first-order valence-electron chi connectivity index (χ1n) is 10.2. The van der Waals surface area contributed by atoms with Gasteiger partial charge in [0.15, 0.2) is 0 Å². The van der Waals surface area contributed by atoms with Crippen LogP contribution in [0.5, 0.6) is 0 Å². The number of nitrogens with one attached hydrogen (secondary N) is 2. The number of benzene rings is 2. The van der Waals surface area contributed by atoms with Crippen LogP contribution < -0.4 is 14.9 Å². The normalized spacial score (nSPS) is 13.8. The van der Waals surface area contributed by atoms with Crippen molar-refractivity contribution in [1.29, 1.82) is 0 Å². The van der Waals surface area contributed by atoms with Crippen LogP contribution in [0.2, 0.25) is 5.02 Å². The molecule has 2 N–H and O–H groups in total. The zero-order valence-corrected chi connectivity index (χ0v) is 19.1. The number of para-hydroxylation sites is 1. The van der Waals surface area contributed by atoms with Crippen LogP contribution in [-0.4, -0.2) is 32.4 Å². The third kappa shape index (κ3) is 4.87. The second kappa shape index (κ2) is 9.18. The molecule has 166 valence electrons. The van der Waals surface area contributed by atoms with Gasteiger partial charge in [-0.15, -0.1) is 0 Å². The number of anilines is 3. The molecule has 1 aliphatic rings. The van der Waals surface area contributed by atoms with Crippen molar-refractivity contribution in [2.24, 2.45) is 0 Å². The summed E-state index contributed by atoms with van der Waals surface area (Å²) < 4.78 is 28.4. The summed E-state index contributed by atoms with van der Waals surface area (Å²) in [6, 6.07) is 14.9. The van der Waals surface area contributed by atoms with Crippen LogP contribution >= 0.6 is 11.6 Å². The largest absolute Gasteiger partial charge is 0.357 e. The first-order valence-corrected chi connectivity index (χ1v) is 12.1. The number of nitrogens with zero attached hydrogens (tertiary/aromatic N) is 2. The van der Waals surface area contributed by atoms with Gasteiger partial charge >= 0.3 is 0 Å². The summed E-state index contributed by atoms with van der Waals surface area (Å²) in [7, 11) is -3.91. The minimum absolute atomic E-state index is 0.0535. The zero-order chi connectivity index (χ0) is 22.7. The van der Waals surface area contributed by atoms with Crippen molar-refractivity contribution in [3.8, 4) is 0 Å². The van der Waals surface area contributed by atoms with Crippen molar-refractivity contribution in [2.45, 2.75) is 24.7 Å². The molecule has 0 spiro atoms. The van der Waals surface area contributed by atoms with Gasteiger partial charge in [0.2, 0.25) is 0 Å². The van der Waals surface area contributed by atoms with Gasteiger partial charge in [0.05, 0.1) is 21.2 Å². The van der Waals surface area contributed by atoms with Crippen LogP contribution in [0.25, 0.3) is 0 Å². The molecule has 0 bridgehead atoms. The average Bonchev–Trinajstić information content (AvgIpc) is 3.31. The average molecular weight is 471 g/mol. The quantitative estimate of drug-likeness (QED) is 0.545. The fourth-order valence-corrected chi connectivity index (χ4v) is 5.16. The number of amides is 1. The van der Waals surface area contributed by atoms with Gasteiger partial charge in [-0.25, -0.2) is 13.4 Å². The molecule has 0 unspecified atom stereocenters. The van der Waals surface area contributed by atoms with Crippen LogP contribution in [-0.2, 0) is 10.0 Å². The Hall–Kier alpha value is -3.10. The maximum absolute atomic E-state index is 12.9. The van der Waals surface area contributed by atoms with E-state index in [1.165, 1.54) is 12.3 Å². The number of carbonyl (C=O) groups is 1. The molecule has 1 aliphatic heterocycles. The lowest BCUT2D eigenvalue weighted by atomic mass is 10.2. The van der Waals surface area contributed by atoms with Gasteiger partial charge in [-0.3, -0.25) is 9.52 Å². The van der Waals surface area contributed by atoms with E-state index in [9.17, 15) is 13.2 Å². The highest BCUT2D eigenvalue weighted by Gasteiger charge is 2.20. The Morgan fingerprint density at radius 3 is 2.50 bits per heavy atom. The molecule has 4 rings (SSSR count). The predicted molar refractivity (Wildman–Crippen MR) is 127 cm³/mol. The van der Waals surface area contributed by atoms with E-state index in [0.29, 0.717) is 21.8 Å². The number of halogens is 1. The maximum Gasteiger partial charge on any atom is 0.262 e. The lowest BCUT2D eigenvalue weighted by Crippen LogP contribution is -2.19. The molecule has 9 heteroatoms. The summed E-state index contributed by atoms with van der Waals surface area (Å²) >= 11 is 6.09. The van der Waals surface area contributed by atoms with E-state index >= 15 is 0 Å². The number of aromatic nitrogens is 1. The Morgan fingerprint density at radius 1 is 1.06 bits per heavy atom. The first kappa shape index (κ1) is 22.1. The molecule has 1 saturated heterocycles. The molecule has 1 aromatic heterocycles. The molecule has 1 amide bonds. The molecule has 3 aromatic rings. The molecule has 32 heavy (non-hydrogen) atoms. The standard InChI is InChI=1S/C23H23ClN4O3S/c1-16-8-10-18(14-21(16)32(30,31)27-20-7-3-2-6-19(20)24)26-23(29)17-9-11-22(25-15-17)28-12-4-5-13-28/h2-3,6-11,14-15,27H,4-5,12-13H2,1H3,(H,26,29). The highest BCUT2D eigenvalue weighted by atomic mass is 35.5. The summed E-state index contributed by atoms with van der Waals surface area (Å²) in [5.74, 6) is 0.491. The van der Waals surface area contributed by atoms with Gasteiger partial charge in [0, 0.05) is 25.0 Å². The molecule has 2 heterocycles. The summed E-state index contributed by atoms with van der Waals surface area (Å²) in [6.07, 6.45) is 3.83. The summed E-state index contributed by atoms with van der Waals surface area (Å²) in [5.41, 5.74) is 1.59. The molecular weight excluding hydrogens is 448 g/mol. The van der Waals surface area contributed by atoms with Crippen molar-refractivity contribution >= 4 is 44.7 Å².